The molecule has 0 saturated heterocycles. The van der Waals surface area contributed by atoms with Crippen molar-refractivity contribution in [2.75, 3.05) is 13.2 Å². The van der Waals surface area contributed by atoms with Crippen molar-refractivity contribution in [3.8, 4) is 0 Å². The van der Waals surface area contributed by atoms with Gasteiger partial charge in [-0.2, -0.15) is 0 Å². The van der Waals surface area contributed by atoms with E-state index in [4.69, 9.17) is 15.9 Å². The van der Waals surface area contributed by atoms with Crippen LogP contribution < -0.4 is 11.1 Å². The summed E-state index contributed by atoms with van der Waals surface area (Å²) in [5.41, 5.74) is 5.25. The smallest absolute Gasteiger partial charge is 0.308 e. The molecule has 18 heavy (non-hydrogen) atoms. The number of ether oxygens (including phenoxy) is 1. The van der Waals surface area contributed by atoms with E-state index in [2.05, 4.69) is 5.32 Å². The molecule has 0 atom stereocenters. The molecule has 104 valence electrons. The fourth-order valence-corrected chi connectivity index (χ4v) is 2.22. The Kier molecular flexibility index (Phi) is 5.95. The first kappa shape index (κ1) is 14.8. The first-order valence-corrected chi connectivity index (χ1v) is 6.73. The minimum Gasteiger partial charge on any atom is -0.465 e. The zero-order valence-corrected chi connectivity index (χ0v) is 11.4. The number of hydrogen-bond donors (Lipinski definition) is 3. The van der Waals surface area contributed by atoms with Crippen LogP contribution in [-0.4, -0.2) is 25.1 Å². The van der Waals surface area contributed by atoms with Gasteiger partial charge in [-0.3, -0.25) is 10.2 Å². The summed E-state index contributed by atoms with van der Waals surface area (Å²) in [6.45, 7) is 5.34. The maximum absolute atomic E-state index is 11.8. The zero-order chi connectivity index (χ0) is 13.5. The maximum atomic E-state index is 11.8. The van der Waals surface area contributed by atoms with Gasteiger partial charge in [0.2, 0.25) is 0 Å². The van der Waals surface area contributed by atoms with Crippen LogP contribution in [0.15, 0.2) is 0 Å². The molecule has 5 nitrogen and oxygen atoms in total. The number of carbonyl (C=O) groups excluding carboxylic acids is 1. The Morgan fingerprint density at radius 2 is 2.00 bits per heavy atom. The van der Waals surface area contributed by atoms with Gasteiger partial charge < -0.3 is 15.8 Å². The van der Waals surface area contributed by atoms with E-state index in [-0.39, 0.29) is 17.8 Å². The van der Waals surface area contributed by atoms with Gasteiger partial charge in [-0.15, -0.1) is 0 Å². The van der Waals surface area contributed by atoms with Crippen molar-refractivity contribution in [2.45, 2.75) is 39.5 Å². The molecule has 5 heteroatoms. The quantitative estimate of drug-likeness (QED) is 0.394. The van der Waals surface area contributed by atoms with Gasteiger partial charge in [0.25, 0.3) is 0 Å². The standard InChI is InChI=1S/C13H25N3O2/c1-9(2)8-18-12(17)11-5-3-10(4-6-11)7-16-13(14)15/h9-11H,3-8H2,1-2H3,(H4,14,15,16)/t10-,11-. The predicted octanol–water partition coefficient (Wildman–Crippen LogP) is 1.48. The van der Waals surface area contributed by atoms with Crippen molar-refractivity contribution in [3.05, 3.63) is 0 Å². The van der Waals surface area contributed by atoms with E-state index in [9.17, 15) is 4.79 Å². The third kappa shape index (κ3) is 5.38. The Morgan fingerprint density at radius 1 is 1.39 bits per heavy atom. The number of guanidine groups is 1. The monoisotopic (exact) mass is 255 g/mol. The fourth-order valence-electron chi connectivity index (χ4n) is 2.22. The van der Waals surface area contributed by atoms with Crippen molar-refractivity contribution in [3.63, 3.8) is 0 Å². The van der Waals surface area contributed by atoms with E-state index >= 15 is 0 Å². The Balaban J connectivity index is 2.22. The average molecular weight is 255 g/mol. The Morgan fingerprint density at radius 3 is 2.50 bits per heavy atom. The summed E-state index contributed by atoms with van der Waals surface area (Å²) >= 11 is 0. The summed E-state index contributed by atoms with van der Waals surface area (Å²) in [5, 5.41) is 9.95. The second kappa shape index (κ2) is 7.24. The normalized spacial score (nSPS) is 23.7. The molecule has 1 rings (SSSR count). The van der Waals surface area contributed by atoms with Crippen molar-refractivity contribution in [1.82, 2.24) is 5.32 Å². The first-order valence-electron chi connectivity index (χ1n) is 6.73. The number of carbonyl (C=O) groups is 1. The van der Waals surface area contributed by atoms with Crippen LogP contribution in [-0.2, 0) is 9.53 Å². The summed E-state index contributed by atoms with van der Waals surface area (Å²) in [5.74, 6) is 0.959. The summed E-state index contributed by atoms with van der Waals surface area (Å²) in [6, 6.07) is 0. The van der Waals surface area contributed by atoms with Crippen LogP contribution in [0, 0.1) is 23.2 Å². The molecule has 1 saturated carbocycles. The molecule has 0 aromatic heterocycles. The van der Waals surface area contributed by atoms with E-state index in [0.717, 1.165) is 32.2 Å². The molecule has 0 aromatic carbocycles. The van der Waals surface area contributed by atoms with Crippen LogP contribution in [0.2, 0.25) is 0 Å². The summed E-state index contributed by atoms with van der Waals surface area (Å²) in [4.78, 5) is 11.8. The predicted molar refractivity (Wildman–Crippen MR) is 71.2 cm³/mol. The van der Waals surface area contributed by atoms with Gasteiger partial charge in [-0.1, -0.05) is 13.8 Å². The summed E-state index contributed by atoms with van der Waals surface area (Å²) < 4.78 is 5.27. The molecule has 0 bridgehead atoms. The lowest BCUT2D eigenvalue weighted by atomic mass is 9.82. The lowest BCUT2D eigenvalue weighted by molar-refractivity contribution is -0.151. The molecule has 0 radical (unpaired) electrons. The molecule has 0 unspecified atom stereocenters. The number of hydrogen-bond acceptors (Lipinski definition) is 3. The van der Waals surface area contributed by atoms with Gasteiger partial charge in [0, 0.05) is 6.54 Å². The van der Waals surface area contributed by atoms with Crippen molar-refractivity contribution in [2.24, 2.45) is 23.5 Å². The van der Waals surface area contributed by atoms with E-state index in [0.29, 0.717) is 18.4 Å². The number of nitrogens with one attached hydrogen (secondary N) is 2. The van der Waals surface area contributed by atoms with Crippen molar-refractivity contribution < 1.29 is 9.53 Å². The van der Waals surface area contributed by atoms with Crippen LogP contribution in [0.1, 0.15) is 39.5 Å². The molecule has 0 spiro atoms. The van der Waals surface area contributed by atoms with E-state index in [1.54, 1.807) is 0 Å². The van der Waals surface area contributed by atoms with Gasteiger partial charge in [0.1, 0.15) is 0 Å². The molecule has 0 aliphatic heterocycles. The zero-order valence-electron chi connectivity index (χ0n) is 11.4. The SMILES string of the molecule is CC(C)COC(=O)[C@H]1CC[C@H](CNC(=N)N)CC1. The molecular formula is C13H25N3O2. The van der Waals surface area contributed by atoms with E-state index < -0.39 is 0 Å². The minimum absolute atomic E-state index is 0.0217. The highest BCUT2D eigenvalue weighted by Crippen LogP contribution is 2.29. The molecule has 0 amide bonds. The number of rotatable bonds is 5. The molecule has 1 aliphatic rings. The van der Waals surface area contributed by atoms with Crippen LogP contribution in [0.4, 0.5) is 0 Å². The van der Waals surface area contributed by atoms with Crippen LogP contribution in [0.25, 0.3) is 0 Å². The van der Waals surface area contributed by atoms with Gasteiger partial charge in [0.15, 0.2) is 5.96 Å². The van der Waals surface area contributed by atoms with Crippen LogP contribution >= 0.6 is 0 Å². The number of nitrogens with two attached hydrogens (primary N) is 1. The molecule has 0 aromatic rings. The average Bonchev–Trinajstić information content (AvgIpc) is 2.34. The minimum atomic E-state index is -0.0401. The molecular weight excluding hydrogens is 230 g/mol. The van der Waals surface area contributed by atoms with Gasteiger partial charge in [-0.05, 0) is 37.5 Å². The van der Waals surface area contributed by atoms with E-state index in [1.807, 2.05) is 13.8 Å². The maximum Gasteiger partial charge on any atom is 0.308 e. The molecule has 0 heterocycles. The van der Waals surface area contributed by atoms with Crippen LogP contribution in [0.3, 0.4) is 0 Å². The summed E-state index contributed by atoms with van der Waals surface area (Å²) in [6.07, 6.45) is 3.78. The highest BCUT2D eigenvalue weighted by molar-refractivity contribution is 5.74. The largest absolute Gasteiger partial charge is 0.465 e. The second-order valence-electron chi connectivity index (χ2n) is 5.54. The highest BCUT2D eigenvalue weighted by atomic mass is 16.5. The Bertz CT molecular complexity index is 284. The molecule has 1 fully saturated rings. The van der Waals surface area contributed by atoms with Crippen molar-refractivity contribution in [1.29, 1.82) is 5.41 Å². The van der Waals surface area contributed by atoms with Gasteiger partial charge in [0.05, 0.1) is 12.5 Å². The number of esters is 1. The highest BCUT2D eigenvalue weighted by Gasteiger charge is 2.27. The van der Waals surface area contributed by atoms with Gasteiger partial charge >= 0.3 is 5.97 Å². The Hall–Kier alpha value is -1.26. The fraction of sp³-hybridized carbons (Fsp3) is 0.846. The Labute approximate surface area is 109 Å². The molecule has 4 N–H and O–H groups in total. The molecule has 1 aliphatic carbocycles. The topological polar surface area (TPSA) is 88.2 Å². The third-order valence-corrected chi connectivity index (χ3v) is 3.32. The lowest BCUT2D eigenvalue weighted by Gasteiger charge is -2.27. The second-order valence-corrected chi connectivity index (χ2v) is 5.54. The lowest BCUT2D eigenvalue weighted by Crippen LogP contribution is -2.36. The first-order chi connectivity index (χ1) is 8.49. The van der Waals surface area contributed by atoms with Crippen molar-refractivity contribution >= 4 is 11.9 Å². The summed E-state index contributed by atoms with van der Waals surface area (Å²) in [7, 11) is 0. The third-order valence-electron chi connectivity index (χ3n) is 3.32. The van der Waals surface area contributed by atoms with Crippen LogP contribution in [0.5, 0.6) is 0 Å². The van der Waals surface area contributed by atoms with Gasteiger partial charge in [-0.25, -0.2) is 0 Å². The van der Waals surface area contributed by atoms with E-state index in [1.165, 1.54) is 0 Å².